The molecular formula is C22H42N2O. The monoisotopic (exact) mass is 350 g/mol. The van der Waals surface area contributed by atoms with Crippen molar-refractivity contribution in [1.29, 1.82) is 0 Å². The predicted molar refractivity (Wildman–Crippen MR) is 109 cm³/mol. The zero-order valence-electron chi connectivity index (χ0n) is 16.7. The van der Waals surface area contributed by atoms with Gasteiger partial charge in [0.1, 0.15) is 0 Å². The second-order valence-electron chi connectivity index (χ2n) is 7.73. The van der Waals surface area contributed by atoms with Crippen LogP contribution in [0.3, 0.4) is 0 Å². The Morgan fingerprint density at radius 1 is 0.960 bits per heavy atom. The SMILES string of the molecule is C=C1CCNC(C(=O)NCCCCCCCCCCCCCC)CC1. The molecule has 1 unspecified atom stereocenters. The molecule has 1 atom stereocenters. The van der Waals surface area contributed by atoms with Gasteiger partial charge in [0.25, 0.3) is 0 Å². The molecular weight excluding hydrogens is 308 g/mol. The van der Waals surface area contributed by atoms with E-state index < -0.39 is 0 Å². The number of hydrogen-bond donors (Lipinski definition) is 2. The molecule has 1 amide bonds. The first-order valence-corrected chi connectivity index (χ1v) is 10.9. The molecule has 1 rings (SSSR count). The van der Waals surface area contributed by atoms with Crippen LogP contribution in [0.15, 0.2) is 12.2 Å². The summed E-state index contributed by atoms with van der Waals surface area (Å²) in [6.07, 6.45) is 19.1. The molecule has 0 radical (unpaired) electrons. The first kappa shape index (κ1) is 22.2. The second kappa shape index (κ2) is 15.4. The Labute approximate surface area is 156 Å². The number of nitrogens with one attached hydrogen (secondary N) is 2. The van der Waals surface area contributed by atoms with Gasteiger partial charge in [-0.25, -0.2) is 0 Å². The molecule has 0 bridgehead atoms. The van der Waals surface area contributed by atoms with Crippen molar-refractivity contribution in [2.45, 2.75) is 109 Å². The van der Waals surface area contributed by atoms with Crippen LogP contribution in [-0.2, 0) is 4.79 Å². The summed E-state index contributed by atoms with van der Waals surface area (Å²) in [7, 11) is 0. The third-order valence-electron chi connectivity index (χ3n) is 5.30. The maximum absolute atomic E-state index is 12.2. The molecule has 1 saturated heterocycles. The quantitative estimate of drug-likeness (QED) is 0.321. The maximum Gasteiger partial charge on any atom is 0.237 e. The van der Waals surface area contributed by atoms with Crippen molar-refractivity contribution in [3.8, 4) is 0 Å². The van der Waals surface area contributed by atoms with E-state index >= 15 is 0 Å². The highest BCUT2D eigenvalue weighted by molar-refractivity contribution is 5.81. The van der Waals surface area contributed by atoms with Crippen LogP contribution in [0.1, 0.15) is 103 Å². The lowest BCUT2D eigenvalue weighted by atomic mass is 10.1. The summed E-state index contributed by atoms with van der Waals surface area (Å²) in [5.74, 6) is 0.178. The lowest BCUT2D eigenvalue weighted by molar-refractivity contribution is -0.123. The molecule has 3 heteroatoms. The predicted octanol–water partition coefficient (Wildman–Crippen LogP) is 5.50. The van der Waals surface area contributed by atoms with Gasteiger partial charge in [-0.15, -0.1) is 0 Å². The van der Waals surface area contributed by atoms with Crippen molar-refractivity contribution in [3.63, 3.8) is 0 Å². The minimum atomic E-state index is -0.0171. The Hall–Kier alpha value is -0.830. The maximum atomic E-state index is 12.2. The van der Waals surface area contributed by atoms with Crippen molar-refractivity contribution in [1.82, 2.24) is 10.6 Å². The van der Waals surface area contributed by atoms with Crippen LogP contribution in [0.25, 0.3) is 0 Å². The van der Waals surface area contributed by atoms with E-state index in [-0.39, 0.29) is 11.9 Å². The average Bonchev–Trinajstić information content (AvgIpc) is 2.83. The Morgan fingerprint density at radius 2 is 1.52 bits per heavy atom. The lowest BCUT2D eigenvalue weighted by Crippen LogP contribution is -2.43. The third kappa shape index (κ3) is 12.2. The van der Waals surface area contributed by atoms with E-state index in [2.05, 4.69) is 24.1 Å². The summed E-state index contributed by atoms with van der Waals surface area (Å²) in [4.78, 5) is 12.2. The van der Waals surface area contributed by atoms with E-state index in [1.54, 1.807) is 0 Å². The van der Waals surface area contributed by atoms with Crippen LogP contribution in [-0.4, -0.2) is 25.0 Å². The molecule has 0 saturated carbocycles. The molecule has 146 valence electrons. The normalized spacial score (nSPS) is 18.1. The van der Waals surface area contributed by atoms with Crippen LogP contribution >= 0.6 is 0 Å². The molecule has 0 aliphatic carbocycles. The first-order valence-electron chi connectivity index (χ1n) is 10.9. The molecule has 0 spiro atoms. The molecule has 1 heterocycles. The number of carbonyl (C=O) groups excluding carboxylic acids is 1. The highest BCUT2D eigenvalue weighted by atomic mass is 16.2. The van der Waals surface area contributed by atoms with Crippen molar-refractivity contribution in [3.05, 3.63) is 12.2 Å². The van der Waals surface area contributed by atoms with E-state index in [1.807, 2.05) is 0 Å². The van der Waals surface area contributed by atoms with Gasteiger partial charge >= 0.3 is 0 Å². The number of unbranched alkanes of at least 4 members (excludes halogenated alkanes) is 11. The largest absolute Gasteiger partial charge is 0.355 e. The van der Waals surface area contributed by atoms with Gasteiger partial charge < -0.3 is 10.6 Å². The summed E-state index contributed by atoms with van der Waals surface area (Å²) in [6, 6.07) is -0.0171. The van der Waals surface area contributed by atoms with E-state index in [0.717, 1.165) is 38.8 Å². The number of amides is 1. The van der Waals surface area contributed by atoms with Gasteiger partial charge in [-0.1, -0.05) is 89.7 Å². The lowest BCUT2D eigenvalue weighted by Gasteiger charge is -2.15. The average molecular weight is 351 g/mol. The Kier molecular flexibility index (Phi) is 13.7. The standard InChI is InChI=1S/C22H42N2O/c1-3-4-5-6-7-8-9-10-11-12-13-14-18-24-22(25)21-16-15-20(2)17-19-23-21/h21,23H,2-19H2,1H3,(H,24,25). The van der Waals surface area contributed by atoms with E-state index in [9.17, 15) is 4.79 Å². The zero-order chi connectivity index (χ0) is 18.2. The van der Waals surface area contributed by atoms with Crippen LogP contribution < -0.4 is 10.6 Å². The number of rotatable bonds is 14. The molecule has 0 aromatic rings. The first-order chi connectivity index (χ1) is 12.2. The summed E-state index contributed by atoms with van der Waals surface area (Å²) in [5.41, 5.74) is 1.27. The molecule has 3 nitrogen and oxygen atoms in total. The fourth-order valence-electron chi connectivity index (χ4n) is 3.52. The van der Waals surface area contributed by atoms with Crippen molar-refractivity contribution >= 4 is 5.91 Å². The highest BCUT2D eigenvalue weighted by Crippen LogP contribution is 2.14. The van der Waals surface area contributed by atoms with Gasteiger partial charge in [-0.3, -0.25) is 4.79 Å². The zero-order valence-corrected chi connectivity index (χ0v) is 16.7. The van der Waals surface area contributed by atoms with Gasteiger partial charge in [0.15, 0.2) is 0 Å². The molecule has 2 N–H and O–H groups in total. The molecule has 0 aromatic heterocycles. The minimum Gasteiger partial charge on any atom is -0.355 e. The second-order valence-corrected chi connectivity index (χ2v) is 7.73. The summed E-state index contributed by atoms with van der Waals surface area (Å²) < 4.78 is 0. The Morgan fingerprint density at radius 3 is 2.12 bits per heavy atom. The third-order valence-corrected chi connectivity index (χ3v) is 5.30. The summed E-state index contributed by atoms with van der Waals surface area (Å²) in [5, 5.41) is 6.43. The molecule has 1 fully saturated rings. The van der Waals surface area contributed by atoms with Gasteiger partial charge in [-0.2, -0.15) is 0 Å². The van der Waals surface area contributed by atoms with Crippen molar-refractivity contribution in [2.75, 3.05) is 13.1 Å². The van der Waals surface area contributed by atoms with Gasteiger partial charge in [-0.05, 0) is 32.2 Å². The van der Waals surface area contributed by atoms with Crippen LogP contribution in [0, 0.1) is 0 Å². The topological polar surface area (TPSA) is 41.1 Å². The van der Waals surface area contributed by atoms with Crippen molar-refractivity contribution < 1.29 is 4.79 Å². The molecule has 1 aliphatic rings. The summed E-state index contributed by atoms with van der Waals surface area (Å²) >= 11 is 0. The van der Waals surface area contributed by atoms with Crippen molar-refractivity contribution in [2.24, 2.45) is 0 Å². The van der Waals surface area contributed by atoms with Gasteiger partial charge in [0.2, 0.25) is 5.91 Å². The fraction of sp³-hybridized carbons (Fsp3) is 0.864. The Bertz CT molecular complexity index is 354. The van der Waals surface area contributed by atoms with E-state index in [0.29, 0.717) is 0 Å². The molecule has 0 aromatic carbocycles. The van der Waals surface area contributed by atoms with Gasteiger partial charge in [0.05, 0.1) is 6.04 Å². The smallest absolute Gasteiger partial charge is 0.237 e. The fourth-order valence-corrected chi connectivity index (χ4v) is 3.52. The molecule has 25 heavy (non-hydrogen) atoms. The summed E-state index contributed by atoms with van der Waals surface area (Å²) in [6.45, 7) is 8.02. The minimum absolute atomic E-state index is 0.0171. The van der Waals surface area contributed by atoms with Crippen LogP contribution in [0.4, 0.5) is 0 Å². The van der Waals surface area contributed by atoms with Crippen LogP contribution in [0.5, 0.6) is 0 Å². The van der Waals surface area contributed by atoms with Gasteiger partial charge in [0, 0.05) is 6.54 Å². The number of carbonyl (C=O) groups is 1. The molecule has 1 aliphatic heterocycles. The van der Waals surface area contributed by atoms with E-state index in [4.69, 9.17) is 0 Å². The van der Waals surface area contributed by atoms with E-state index in [1.165, 1.54) is 76.2 Å². The van der Waals surface area contributed by atoms with Crippen LogP contribution in [0.2, 0.25) is 0 Å². The highest BCUT2D eigenvalue weighted by Gasteiger charge is 2.19. The Balaban J connectivity index is 1.85. The number of hydrogen-bond acceptors (Lipinski definition) is 2.